The van der Waals surface area contributed by atoms with Crippen LogP contribution in [0.15, 0.2) is 41.3 Å². The van der Waals surface area contributed by atoms with Gasteiger partial charge in [-0.05, 0) is 49.2 Å². The Hall–Kier alpha value is -1.80. The Morgan fingerprint density at radius 1 is 1.23 bits per heavy atom. The van der Waals surface area contributed by atoms with Gasteiger partial charge in [-0.3, -0.25) is 4.79 Å². The lowest BCUT2D eigenvalue weighted by molar-refractivity contribution is -0.566. The van der Waals surface area contributed by atoms with Crippen molar-refractivity contribution >= 4 is 33.3 Å². The highest BCUT2D eigenvalue weighted by Crippen LogP contribution is 2.29. The van der Waals surface area contributed by atoms with Gasteiger partial charge in [0.05, 0.1) is 11.3 Å². The maximum atomic E-state index is 13.2. The van der Waals surface area contributed by atoms with Gasteiger partial charge >= 0.3 is 5.97 Å². The number of hydrogen-bond donors (Lipinski definition) is 1. The smallest absolute Gasteiger partial charge is 0.307 e. The van der Waals surface area contributed by atoms with Crippen LogP contribution in [0, 0.1) is 17.7 Å². The molecule has 1 aliphatic rings. The van der Waals surface area contributed by atoms with Gasteiger partial charge in [-0.25, -0.2) is 8.42 Å². The molecule has 0 amide bonds. The Morgan fingerprint density at radius 2 is 1.97 bits per heavy atom. The van der Waals surface area contributed by atoms with E-state index in [1.807, 2.05) is 31.5 Å². The number of rotatable bonds is 6. The number of benzene rings is 2. The molecule has 0 spiro atoms. The van der Waals surface area contributed by atoms with Gasteiger partial charge in [0.15, 0.2) is 17.2 Å². The van der Waals surface area contributed by atoms with Crippen molar-refractivity contribution in [2.75, 3.05) is 30.9 Å². The van der Waals surface area contributed by atoms with Gasteiger partial charge in [-0.2, -0.15) is 4.31 Å². The average Bonchev–Trinajstić information content (AvgIpc) is 2.69. The van der Waals surface area contributed by atoms with Crippen molar-refractivity contribution in [2.24, 2.45) is 0 Å². The Morgan fingerprint density at radius 3 is 2.57 bits per heavy atom. The SMILES string of the molecule is C[Cl+]c1ccc(N2CCN(S(=O)(=O)c3ccc(C)c(CC(=O)O)c3)C[C@@H]2C)cc1Cl. The van der Waals surface area contributed by atoms with Crippen LogP contribution in [0.1, 0.15) is 18.1 Å². The van der Waals surface area contributed by atoms with Crippen LogP contribution >= 0.6 is 11.6 Å². The van der Waals surface area contributed by atoms with Crippen molar-refractivity contribution in [3.8, 4) is 0 Å². The van der Waals surface area contributed by atoms with Crippen LogP contribution in [0.25, 0.3) is 0 Å². The van der Waals surface area contributed by atoms with Crippen LogP contribution in [0.4, 0.5) is 5.69 Å². The number of hydrogen-bond acceptors (Lipinski definition) is 4. The van der Waals surface area contributed by atoms with Crippen LogP contribution in [0.3, 0.4) is 0 Å². The van der Waals surface area contributed by atoms with Crippen LogP contribution in [0.5, 0.6) is 0 Å². The first-order chi connectivity index (χ1) is 14.1. The summed E-state index contributed by atoms with van der Waals surface area (Å²) >= 11 is 6.33. The minimum atomic E-state index is -3.71. The Bertz CT molecular complexity index is 1060. The van der Waals surface area contributed by atoms with Crippen molar-refractivity contribution in [1.29, 1.82) is 0 Å². The molecule has 0 unspecified atom stereocenters. The van der Waals surface area contributed by atoms with Crippen molar-refractivity contribution in [1.82, 2.24) is 4.31 Å². The quantitative estimate of drug-likeness (QED) is 0.653. The van der Waals surface area contributed by atoms with Gasteiger partial charge in [-0.15, -0.1) is 0 Å². The van der Waals surface area contributed by atoms with Crippen LogP contribution in [-0.4, -0.2) is 55.9 Å². The number of aryl methyl sites for hydroxylation is 1. The molecule has 6 nitrogen and oxygen atoms in total. The number of halogens is 2. The monoisotopic (exact) mass is 471 g/mol. The molecule has 2 aromatic rings. The van der Waals surface area contributed by atoms with Gasteiger partial charge in [0.1, 0.15) is 5.02 Å². The molecule has 1 fully saturated rings. The molecule has 162 valence electrons. The summed E-state index contributed by atoms with van der Waals surface area (Å²) in [5.41, 5.74) is 2.24. The fourth-order valence-electron chi connectivity index (χ4n) is 3.65. The normalized spacial score (nSPS) is 17.9. The average molecular weight is 472 g/mol. The minimum Gasteiger partial charge on any atom is -0.481 e. The van der Waals surface area contributed by atoms with Gasteiger partial charge in [-0.1, -0.05) is 17.7 Å². The number of carboxylic acids is 1. The molecule has 2 aromatic carbocycles. The Balaban J connectivity index is 1.80. The fourth-order valence-corrected chi connectivity index (χ4v) is 6.03. The first-order valence-electron chi connectivity index (χ1n) is 9.50. The first-order valence-corrected chi connectivity index (χ1v) is 12.5. The summed E-state index contributed by atoms with van der Waals surface area (Å²) in [7, 11) is -1.65. The van der Waals surface area contributed by atoms with E-state index in [1.54, 1.807) is 19.1 Å². The molecule has 0 bridgehead atoms. The van der Waals surface area contributed by atoms with Crippen LogP contribution < -0.4 is 4.90 Å². The summed E-state index contributed by atoms with van der Waals surface area (Å²) < 4.78 is 27.9. The molecule has 0 saturated carbocycles. The molecule has 1 aliphatic heterocycles. The molecule has 1 atom stereocenters. The zero-order valence-corrected chi connectivity index (χ0v) is 19.4. The number of carboxylic acid groups (broad SMARTS) is 1. The van der Waals surface area contributed by atoms with Gasteiger partial charge in [0.25, 0.3) is 0 Å². The van der Waals surface area contributed by atoms with E-state index in [0.717, 1.165) is 16.3 Å². The second kappa shape index (κ2) is 9.14. The summed E-state index contributed by atoms with van der Waals surface area (Å²) in [5.74, 6) is -0.986. The number of carbonyl (C=O) groups is 1. The molecule has 0 radical (unpaired) electrons. The number of anilines is 1. The molecule has 0 aromatic heterocycles. The topological polar surface area (TPSA) is 77.9 Å². The lowest BCUT2D eigenvalue weighted by Gasteiger charge is -2.40. The maximum Gasteiger partial charge on any atom is 0.307 e. The van der Waals surface area contributed by atoms with E-state index in [-0.39, 0.29) is 17.4 Å². The lowest BCUT2D eigenvalue weighted by atomic mass is 10.1. The highest BCUT2D eigenvalue weighted by molar-refractivity contribution is 7.89. The molecule has 1 heterocycles. The molecular weight excluding hydrogens is 447 g/mol. The predicted octanol–water partition coefficient (Wildman–Crippen LogP) is 3.30. The summed E-state index contributed by atoms with van der Waals surface area (Å²) in [5, 5.41) is 10.7. The second-order valence-electron chi connectivity index (χ2n) is 7.35. The number of piperazine rings is 1. The number of sulfonamides is 1. The van der Waals surface area contributed by atoms with Gasteiger partial charge in [0, 0.05) is 37.4 Å². The summed E-state index contributed by atoms with van der Waals surface area (Å²) in [6.07, 6.45) is 1.71. The summed E-state index contributed by atoms with van der Waals surface area (Å²) in [6, 6.07) is 10.5. The predicted molar refractivity (Wildman–Crippen MR) is 115 cm³/mol. The summed E-state index contributed by atoms with van der Waals surface area (Å²) in [6.45, 7) is 4.98. The maximum absolute atomic E-state index is 13.2. The van der Waals surface area contributed by atoms with Gasteiger partial charge < -0.3 is 10.0 Å². The van der Waals surface area contributed by atoms with E-state index < -0.39 is 16.0 Å². The Kier molecular flexibility index (Phi) is 6.97. The summed E-state index contributed by atoms with van der Waals surface area (Å²) in [4.78, 5) is 13.4. The van der Waals surface area contributed by atoms with E-state index in [2.05, 4.69) is 15.7 Å². The fraction of sp³-hybridized carbons (Fsp3) is 0.381. The standard InChI is InChI=1S/C21H24Cl2N2O4S/c1-14-4-6-18(10-16(14)11-21(26)27)30(28,29)24-8-9-25(15(2)13-24)17-5-7-20(23-3)19(22)12-17/h4-7,10,12,15H,8-9,11,13H2,1-3H3/p+1/t15-/m0/s1. The van der Waals surface area contributed by atoms with Crippen molar-refractivity contribution in [2.45, 2.75) is 31.2 Å². The second-order valence-corrected chi connectivity index (χ2v) is 10.5. The van der Waals surface area contributed by atoms with Crippen LogP contribution in [-0.2, 0) is 21.2 Å². The number of nitrogens with zero attached hydrogens (tertiary/aromatic N) is 2. The van der Waals surface area contributed by atoms with Crippen molar-refractivity contribution in [3.05, 3.63) is 57.6 Å². The zero-order valence-electron chi connectivity index (χ0n) is 17.1. The molecule has 3 rings (SSSR count). The third kappa shape index (κ3) is 4.75. The molecular formula is C21H25Cl2N2O4S+. The lowest BCUT2D eigenvalue weighted by Crippen LogP contribution is -2.53. The van der Waals surface area contributed by atoms with Crippen molar-refractivity contribution in [3.63, 3.8) is 0 Å². The first kappa shape index (κ1) is 22.9. The van der Waals surface area contributed by atoms with E-state index in [0.29, 0.717) is 30.2 Å². The molecule has 1 N–H and O–H groups in total. The third-order valence-corrected chi connectivity index (χ3v) is 8.34. The van der Waals surface area contributed by atoms with Crippen molar-refractivity contribution < 1.29 is 29.1 Å². The largest absolute Gasteiger partial charge is 0.481 e. The van der Waals surface area contributed by atoms with E-state index in [4.69, 9.17) is 16.7 Å². The highest BCUT2D eigenvalue weighted by Gasteiger charge is 2.33. The molecule has 30 heavy (non-hydrogen) atoms. The van der Waals surface area contributed by atoms with Crippen LogP contribution in [0.2, 0.25) is 10.0 Å². The zero-order chi connectivity index (χ0) is 22.1. The van der Waals surface area contributed by atoms with E-state index >= 15 is 0 Å². The molecule has 9 heteroatoms. The van der Waals surface area contributed by atoms with E-state index in [1.165, 1.54) is 10.4 Å². The number of alkyl halides is 1. The molecule has 0 aliphatic carbocycles. The third-order valence-electron chi connectivity index (χ3n) is 5.33. The van der Waals surface area contributed by atoms with E-state index in [9.17, 15) is 13.2 Å². The highest BCUT2D eigenvalue weighted by atomic mass is 35.5. The number of aliphatic carboxylic acids is 1. The van der Waals surface area contributed by atoms with Gasteiger partial charge in [0.2, 0.25) is 15.0 Å². The minimum absolute atomic E-state index is 0.0382. The molecule has 1 saturated heterocycles. The Labute approximate surface area is 186 Å².